The zero-order valence-corrected chi connectivity index (χ0v) is 12.4. The summed E-state index contributed by atoms with van der Waals surface area (Å²) in [6.07, 6.45) is 4.12. The monoisotopic (exact) mass is 279 g/mol. The van der Waals surface area contributed by atoms with Crippen LogP contribution in [-0.4, -0.2) is 5.78 Å². The van der Waals surface area contributed by atoms with Crippen LogP contribution in [0.2, 0.25) is 0 Å². The van der Waals surface area contributed by atoms with Crippen molar-refractivity contribution in [1.82, 2.24) is 0 Å². The molecule has 2 aromatic carbocycles. The van der Waals surface area contributed by atoms with Gasteiger partial charge in [0.2, 0.25) is 0 Å². The average Bonchev–Trinajstić information content (AvgIpc) is 2.55. The number of aryl methyl sites for hydroxylation is 1. The molecule has 0 saturated heterocycles. The number of benzene rings is 2. The SMILES string of the molecule is CCC(=O)c1ccc(NC2CCCc3ccccc32)cc1. The first kappa shape index (κ1) is 13.9. The molecule has 3 rings (SSSR count). The quantitative estimate of drug-likeness (QED) is 0.817. The molecule has 0 spiro atoms. The molecule has 0 aliphatic heterocycles. The van der Waals surface area contributed by atoms with Crippen molar-refractivity contribution in [2.75, 3.05) is 5.32 Å². The van der Waals surface area contributed by atoms with Gasteiger partial charge in [0.1, 0.15) is 0 Å². The number of hydrogen-bond donors (Lipinski definition) is 1. The molecule has 1 N–H and O–H groups in total. The molecule has 2 heteroatoms. The predicted molar refractivity (Wildman–Crippen MR) is 86.8 cm³/mol. The number of rotatable bonds is 4. The van der Waals surface area contributed by atoms with Crippen molar-refractivity contribution in [3.63, 3.8) is 0 Å². The van der Waals surface area contributed by atoms with Crippen LogP contribution in [0.25, 0.3) is 0 Å². The first-order valence-electron chi connectivity index (χ1n) is 7.75. The highest BCUT2D eigenvalue weighted by molar-refractivity contribution is 5.96. The molecule has 1 atom stereocenters. The van der Waals surface area contributed by atoms with Crippen molar-refractivity contribution in [2.24, 2.45) is 0 Å². The standard InChI is InChI=1S/C19H21NO/c1-2-19(21)15-10-12-16(13-11-15)20-18-9-5-7-14-6-3-4-8-17(14)18/h3-4,6,8,10-13,18,20H,2,5,7,9H2,1H3. The lowest BCUT2D eigenvalue weighted by Gasteiger charge is -2.27. The zero-order chi connectivity index (χ0) is 14.7. The third-order valence-electron chi connectivity index (χ3n) is 4.24. The van der Waals surface area contributed by atoms with Crippen LogP contribution in [0.15, 0.2) is 48.5 Å². The number of carbonyl (C=O) groups is 1. The van der Waals surface area contributed by atoms with Gasteiger partial charge >= 0.3 is 0 Å². The Hall–Kier alpha value is -2.09. The number of hydrogen-bond acceptors (Lipinski definition) is 2. The van der Waals surface area contributed by atoms with E-state index in [1.165, 1.54) is 24.0 Å². The lowest BCUT2D eigenvalue weighted by atomic mass is 9.87. The van der Waals surface area contributed by atoms with Crippen LogP contribution >= 0.6 is 0 Å². The van der Waals surface area contributed by atoms with E-state index in [4.69, 9.17) is 0 Å². The number of nitrogens with one attached hydrogen (secondary N) is 1. The second-order valence-corrected chi connectivity index (χ2v) is 5.64. The van der Waals surface area contributed by atoms with Crippen LogP contribution in [0.1, 0.15) is 53.7 Å². The van der Waals surface area contributed by atoms with Gasteiger partial charge in [-0.05, 0) is 54.7 Å². The molecule has 0 heterocycles. The fourth-order valence-corrected chi connectivity index (χ4v) is 3.06. The Morgan fingerprint density at radius 3 is 2.67 bits per heavy atom. The molecule has 2 aromatic rings. The third-order valence-corrected chi connectivity index (χ3v) is 4.24. The minimum absolute atomic E-state index is 0.199. The van der Waals surface area contributed by atoms with Gasteiger partial charge in [-0.25, -0.2) is 0 Å². The normalized spacial score (nSPS) is 17.1. The number of ketones is 1. The van der Waals surface area contributed by atoms with Crippen molar-refractivity contribution in [1.29, 1.82) is 0 Å². The summed E-state index contributed by atoms with van der Waals surface area (Å²) in [6, 6.07) is 16.9. The van der Waals surface area contributed by atoms with Crippen LogP contribution < -0.4 is 5.32 Å². The molecular weight excluding hydrogens is 258 g/mol. The molecule has 0 amide bonds. The lowest BCUT2D eigenvalue weighted by molar-refractivity contribution is 0.0988. The summed E-state index contributed by atoms with van der Waals surface area (Å²) in [5, 5.41) is 3.61. The van der Waals surface area contributed by atoms with Gasteiger partial charge in [0.15, 0.2) is 5.78 Å². The fraction of sp³-hybridized carbons (Fsp3) is 0.316. The fourth-order valence-electron chi connectivity index (χ4n) is 3.06. The van der Waals surface area contributed by atoms with E-state index in [-0.39, 0.29) is 5.78 Å². The van der Waals surface area contributed by atoms with Gasteiger partial charge in [-0.15, -0.1) is 0 Å². The zero-order valence-electron chi connectivity index (χ0n) is 12.4. The van der Waals surface area contributed by atoms with Crippen LogP contribution in [0, 0.1) is 0 Å². The van der Waals surface area contributed by atoms with Gasteiger partial charge in [-0.3, -0.25) is 4.79 Å². The molecule has 1 aliphatic carbocycles. The average molecular weight is 279 g/mol. The van der Waals surface area contributed by atoms with E-state index in [1.807, 2.05) is 31.2 Å². The molecule has 0 bridgehead atoms. The molecule has 0 saturated carbocycles. The molecule has 1 aliphatic rings. The minimum atomic E-state index is 0.199. The van der Waals surface area contributed by atoms with Gasteiger partial charge in [-0.2, -0.15) is 0 Å². The smallest absolute Gasteiger partial charge is 0.162 e. The van der Waals surface area contributed by atoms with Crippen molar-refractivity contribution >= 4 is 11.5 Å². The van der Waals surface area contributed by atoms with Crippen LogP contribution in [0.3, 0.4) is 0 Å². The maximum Gasteiger partial charge on any atom is 0.162 e. The highest BCUT2D eigenvalue weighted by atomic mass is 16.1. The van der Waals surface area contributed by atoms with E-state index in [1.54, 1.807) is 0 Å². The van der Waals surface area contributed by atoms with E-state index in [0.29, 0.717) is 12.5 Å². The Labute approximate surface area is 126 Å². The topological polar surface area (TPSA) is 29.1 Å². The Bertz CT molecular complexity index is 630. The Morgan fingerprint density at radius 1 is 1.14 bits per heavy atom. The highest BCUT2D eigenvalue weighted by Crippen LogP contribution is 2.32. The molecule has 21 heavy (non-hydrogen) atoms. The summed E-state index contributed by atoms with van der Waals surface area (Å²) in [5.74, 6) is 0.199. The summed E-state index contributed by atoms with van der Waals surface area (Å²) in [5.41, 5.74) is 4.76. The molecule has 0 radical (unpaired) electrons. The molecule has 2 nitrogen and oxygen atoms in total. The predicted octanol–water partition coefficient (Wildman–Crippen LogP) is 4.77. The molecular formula is C19H21NO. The van der Waals surface area contributed by atoms with Crippen molar-refractivity contribution in [3.05, 3.63) is 65.2 Å². The molecule has 0 fully saturated rings. The minimum Gasteiger partial charge on any atom is -0.378 e. The number of carbonyl (C=O) groups excluding carboxylic acids is 1. The summed E-state index contributed by atoms with van der Waals surface area (Å²) >= 11 is 0. The van der Waals surface area contributed by atoms with Crippen LogP contribution in [0.5, 0.6) is 0 Å². The van der Waals surface area contributed by atoms with Gasteiger partial charge in [0, 0.05) is 17.7 Å². The first-order valence-corrected chi connectivity index (χ1v) is 7.75. The molecule has 108 valence electrons. The largest absolute Gasteiger partial charge is 0.378 e. The summed E-state index contributed by atoms with van der Waals surface area (Å²) < 4.78 is 0. The van der Waals surface area contributed by atoms with Gasteiger partial charge < -0.3 is 5.32 Å². The van der Waals surface area contributed by atoms with E-state index < -0.39 is 0 Å². The summed E-state index contributed by atoms with van der Waals surface area (Å²) in [4.78, 5) is 11.7. The van der Waals surface area contributed by atoms with Crippen molar-refractivity contribution in [2.45, 2.75) is 38.6 Å². The van der Waals surface area contributed by atoms with E-state index in [9.17, 15) is 4.79 Å². The van der Waals surface area contributed by atoms with E-state index in [0.717, 1.165) is 17.7 Å². The maximum atomic E-state index is 11.7. The Morgan fingerprint density at radius 2 is 1.90 bits per heavy atom. The number of anilines is 1. The van der Waals surface area contributed by atoms with E-state index in [2.05, 4.69) is 29.6 Å². The second kappa shape index (κ2) is 6.13. The third kappa shape index (κ3) is 2.99. The maximum absolute atomic E-state index is 11.7. The lowest BCUT2D eigenvalue weighted by Crippen LogP contribution is -2.17. The van der Waals surface area contributed by atoms with E-state index >= 15 is 0 Å². The van der Waals surface area contributed by atoms with Crippen LogP contribution in [-0.2, 0) is 6.42 Å². The van der Waals surface area contributed by atoms with Gasteiger partial charge in [0.25, 0.3) is 0 Å². The van der Waals surface area contributed by atoms with Gasteiger partial charge in [-0.1, -0.05) is 31.2 Å². The molecule has 0 aromatic heterocycles. The van der Waals surface area contributed by atoms with Crippen LogP contribution in [0.4, 0.5) is 5.69 Å². The van der Waals surface area contributed by atoms with Gasteiger partial charge in [0.05, 0.1) is 6.04 Å². The second-order valence-electron chi connectivity index (χ2n) is 5.64. The Balaban J connectivity index is 1.77. The number of Topliss-reactive ketones (excluding diaryl/α,β-unsaturated/α-hetero) is 1. The number of fused-ring (bicyclic) bond motifs is 1. The first-order chi connectivity index (χ1) is 10.3. The van der Waals surface area contributed by atoms with Crippen molar-refractivity contribution < 1.29 is 4.79 Å². The summed E-state index contributed by atoms with van der Waals surface area (Å²) in [7, 11) is 0. The highest BCUT2D eigenvalue weighted by Gasteiger charge is 2.19. The Kier molecular flexibility index (Phi) is 4.05. The summed E-state index contributed by atoms with van der Waals surface area (Å²) in [6.45, 7) is 1.90. The van der Waals surface area contributed by atoms with Crippen molar-refractivity contribution in [3.8, 4) is 0 Å². The molecule has 1 unspecified atom stereocenters.